The third-order valence-electron chi connectivity index (χ3n) is 5.95. The van der Waals surface area contributed by atoms with E-state index >= 15 is 0 Å². The maximum atomic E-state index is 13.2. The van der Waals surface area contributed by atoms with E-state index in [1.54, 1.807) is 20.8 Å². The van der Waals surface area contributed by atoms with Crippen molar-refractivity contribution in [1.29, 1.82) is 0 Å². The van der Waals surface area contributed by atoms with E-state index < -0.39 is 25.3 Å². The number of carbonyl (C=O) groups excluding carboxylic acids is 1. The molecule has 0 fully saturated rings. The Morgan fingerprint density at radius 3 is 2.36 bits per heavy atom. The quantitative estimate of drug-likeness (QED) is 0.176. The molecule has 0 spiro atoms. The lowest BCUT2D eigenvalue weighted by Gasteiger charge is -2.27. The number of nitrogens with zero attached hydrogens (tertiary/aromatic N) is 1. The molecule has 7 nitrogen and oxygen atoms in total. The van der Waals surface area contributed by atoms with Crippen molar-refractivity contribution < 1.29 is 28.3 Å². The lowest BCUT2D eigenvalue weighted by molar-refractivity contribution is -0.143. The smallest absolute Gasteiger partial charge is 0.344 e. The molecule has 0 aliphatic heterocycles. The number of rotatable bonds is 16. The molecule has 0 saturated heterocycles. The number of likely N-dealkylation sites (N-methyl/N-ethyl adjacent to an activating group) is 1. The largest absolute Gasteiger partial charge is 0.465 e. The maximum Gasteiger partial charge on any atom is 0.344 e. The van der Waals surface area contributed by atoms with Crippen LogP contribution in [0, 0.1) is 0 Å². The van der Waals surface area contributed by atoms with Crippen LogP contribution in [-0.2, 0) is 29.6 Å². The van der Waals surface area contributed by atoms with Crippen LogP contribution < -0.4 is 0 Å². The van der Waals surface area contributed by atoms with E-state index in [0.29, 0.717) is 13.1 Å². The first-order chi connectivity index (χ1) is 17.2. The zero-order valence-corrected chi connectivity index (χ0v) is 23.2. The Kier molecular flexibility index (Phi) is 12.8. The Bertz CT molecular complexity index is 1030. The highest BCUT2D eigenvalue weighted by atomic mass is 31.2. The van der Waals surface area contributed by atoms with E-state index in [1.807, 2.05) is 11.9 Å². The molecule has 0 amide bonds. The fraction of sp³-hybridized carbons (Fsp3) is 0.536. The van der Waals surface area contributed by atoms with E-state index in [2.05, 4.69) is 55.5 Å². The molecule has 8 heteroatoms. The van der Waals surface area contributed by atoms with Crippen molar-refractivity contribution in [2.24, 2.45) is 0 Å². The van der Waals surface area contributed by atoms with E-state index in [4.69, 9.17) is 13.8 Å². The Morgan fingerprint density at radius 1 is 1.06 bits per heavy atom. The highest BCUT2D eigenvalue weighted by Crippen LogP contribution is 2.55. The van der Waals surface area contributed by atoms with Crippen LogP contribution in [0.15, 0.2) is 54.1 Å². The van der Waals surface area contributed by atoms with Gasteiger partial charge in [-0.1, -0.05) is 54.1 Å². The van der Waals surface area contributed by atoms with Crippen LogP contribution >= 0.6 is 7.60 Å². The summed E-state index contributed by atoms with van der Waals surface area (Å²) in [5, 5.41) is 13.2. The van der Waals surface area contributed by atoms with Crippen LogP contribution in [0.1, 0.15) is 46.1 Å². The van der Waals surface area contributed by atoms with Gasteiger partial charge in [-0.3, -0.25) is 9.36 Å². The predicted octanol–water partition coefficient (Wildman–Crippen LogP) is 5.60. The number of esters is 1. The van der Waals surface area contributed by atoms with Crippen molar-refractivity contribution in [3.8, 4) is 0 Å². The topological polar surface area (TPSA) is 85.3 Å². The summed E-state index contributed by atoms with van der Waals surface area (Å²) in [7, 11) is -1.86. The number of benzene rings is 2. The number of aryl methyl sites for hydroxylation is 1. The molecule has 0 heterocycles. The van der Waals surface area contributed by atoms with Crippen molar-refractivity contribution in [3.63, 3.8) is 0 Å². The maximum absolute atomic E-state index is 13.2. The van der Waals surface area contributed by atoms with E-state index in [1.165, 1.54) is 21.9 Å². The van der Waals surface area contributed by atoms with Gasteiger partial charge in [0.15, 0.2) is 5.66 Å². The SMILES string of the molecule is CCOC(=O)C(CC(O)CN(C)CC=C(C)CCc1ccc2ccccc2c1)P(=O)(OCC)OCC. The number of aliphatic hydroxyl groups is 1. The molecule has 0 saturated carbocycles. The summed E-state index contributed by atoms with van der Waals surface area (Å²) < 4.78 is 29.1. The van der Waals surface area contributed by atoms with Crippen molar-refractivity contribution in [2.75, 3.05) is 40.0 Å². The summed E-state index contributed by atoms with van der Waals surface area (Å²) in [5.74, 6) is -0.672. The normalized spacial score (nSPS) is 14.2. The average molecular weight is 520 g/mol. The molecule has 2 aromatic rings. The molecule has 0 aliphatic carbocycles. The van der Waals surface area contributed by atoms with Gasteiger partial charge in [0.1, 0.15) is 0 Å². The highest BCUT2D eigenvalue weighted by Gasteiger charge is 2.43. The molecule has 0 radical (unpaired) electrons. The Labute approximate surface area is 216 Å². The van der Waals surface area contributed by atoms with Crippen LogP contribution in [0.5, 0.6) is 0 Å². The van der Waals surface area contributed by atoms with Crippen molar-refractivity contribution in [3.05, 3.63) is 59.7 Å². The number of fused-ring (bicyclic) bond motifs is 1. The minimum Gasteiger partial charge on any atom is -0.465 e. The molecule has 1 N–H and O–H groups in total. The first-order valence-corrected chi connectivity index (χ1v) is 14.4. The van der Waals surface area contributed by atoms with Crippen molar-refractivity contribution >= 4 is 24.3 Å². The van der Waals surface area contributed by atoms with E-state index in [-0.39, 0.29) is 26.2 Å². The fourth-order valence-corrected chi connectivity index (χ4v) is 6.07. The van der Waals surface area contributed by atoms with Gasteiger partial charge in [-0.05, 0) is 70.3 Å². The molecule has 0 aliphatic rings. The lowest BCUT2D eigenvalue weighted by Crippen LogP contribution is -2.35. The van der Waals surface area contributed by atoms with Gasteiger partial charge < -0.3 is 23.8 Å². The van der Waals surface area contributed by atoms with Gasteiger partial charge in [-0.2, -0.15) is 0 Å². The van der Waals surface area contributed by atoms with E-state index in [0.717, 1.165) is 12.8 Å². The lowest BCUT2D eigenvalue weighted by atomic mass is 10.0. The summed E-state index contributed by atoms with van der Waals surface area (Å²) in [4.78, 5) is 14.5. The Balaban J connectivity index is 1.91. The number of carbonyl (C=O) groups is 1. The summed E-state index contributed by atoms with van der Waals surface area (Å²) in [5.41, 5.74) is 1.41. The second kappa shape index (κ2) is 15.3. The molecule has 2 aromatic carbocycles. The van der Waals surface area contributed by atoms with Gasteiger partial charge in [0.25, 0.3) is 0 Å². The molecule has 0 bridgehead atoms. The standard InChI is InChI=1S/C28H42NO6P/c1-6-33-28(31)27(36(32,34-7-2)35-8-3)20-26(30)21-29(5)18-17-22(4)13-14-23-15-16-24-11-9-10-12-25(24)19-23/h9-12,15-17,19,26-27,30H,6-8,13-14,18,20-21H2,1-5H3. The number of ether oxygens (including phenoxy) is 1. The molecule has 0 aromatic heterocycles. The molecule has 2 atom stereocenters. The number of allylic oxidation sites excluding steroid dienone is 1. The summed E-state index contributed by atoms with van der Waals surface area (Å²) >= 11 is 0. The summed E-state index contributed by atoms with van der Waals surface area (Å²) in [6.07, 6.45) is 3.11. The molecular formula is C28H42NO6P. The average Bonchev–Trinajstić information content (AvgIpc) is 2.85. The van der Waals surface area contributed by atoms with E-state index in [9.17, 15) is 14.5 Å². The van der Waals surface area contributed by atoms with Gasteiger partial charge in [0.05, 0.1) is 25.9 Å². The second-order valence-corrected chi connectivity index (χ2v) is 11.2. The van der Waals surface area contributed by atoms with Gasteiger partial charge in [0.2, 0.25) is 0 Å². The monoisotopic (exact) mass is 519 g/mol. The van der Waals surface area contributed by atoms with Gasteiger partial charge in [0, 0.05) is 13.1 Å². The van der Waals surface area contributed by atoms with Crippen LogP contribution in [-0.4, -0.2) is 67.7 Å². The Hall–Kier alpha value is -2.02. The van der Waals surface area contributed by atoms with Gasteiger partial charge in [-0.25, -0.2) is 0 Å². The van der Waals surface area contributed by atoms with Gasteiger partial charge in [-0.15, -0.1) is 0 Å². The zero-order valence-electron chi connectivity index (χ0n) is 22.3. The third kappa shape index (κ3) is 9.45. The first-order valence-electron chi connectivity index (χ1n) is 12.8. The number of hydrogen-bond donors (Lipinski definition) is 1. The summed E-state index contributed by atoms with van der Waals surface area (Å²) in [6.45, 7) is 8.54. The molecule has 200 valence electrons. The number of hydrogen-bond acceptors (Lipinski definition) is 7. The van der Waals surface area contributed by atoms with Gasteiger partial charge >= 0.3 is 13.6 Å². The van der Waals surface area contributed by atoms with Crippen LogP contribution in [0.4, 0.5) is 0 Å². The van der Waals surface area contributed by atoms with Crippen molar-refractivity contribution in [1.82, 2.24) is 4.90 Å². The highest BCUT2D eigenvalue weighted by molar-refractivity contribution is 7.55. The van der Waals surface area contributed by atoms with Crippen LogP contribution in [0.2, 0.25) is 0 Å². The molecule has 36 heavy (non-hydrogen) atoms. The Morgan fingerprint density at radius 2 is 1.72 bits per heavy atom. The minimum absolute atomic E-state index is 0.0644. The second-order valence-electron chi connectivity index (χ2n) is 8.99. The third-order valence-corrected chi connectivity index (χ3v) is 8.37. The van der Waals surface area contributed by atoms with Crippen molar-refractivity contribution in [2.45, 2.75) is 58.7 Å². The predicted molar refractivity (Wildman–Crippen MR) is 145 cm³/mol. The summed E-state index contributed by atoms with van der Waals surface area (Å²) in [6, 6.07) is 15.0. The minimum atomic E-state index is -3.76. The first kappa shape index (κ1) is 30.2. The molecule has 2 rings (SSSR count). The zero-order chi connectivity index (χ0) is 26.6. The van der Waals surface area contributed by atoms with Crippen LogP contribution in [0.3, 0.4) is 0 Å². The fourth-order valence-electron chi connectivity index (χ4n) is 4.09. The van der Waals surface area contributed by atoms with Crippen LogP contribution in [0.25, 0.3) is 10.8 Å². The number of aliphatic hydroxyl groups excluding tert-OH is 1. The molecule has 2 unspecified atom stereocenters. The molecular weight excluding hydrogens is 477 g/mol.